The van der Waals surface area contributed by atoms with Crippen LogP contribution in [0.15, 0.2) is 72.8 Å². The smallest absolute Gasteiger partial charge is 0.332 e. The van der Waals surface area contributed by atoms with E-state index in [1.54, 1.807) is 4.68 Å². The lowest BCUT2D eigenvalue weighted by Crippen LogP contribution is -2.19. The summed E-state index contributed by atoms with van der Waals surface area (Å²) in [5, 5.41) is 14.4. The van der Waals surface area contributed by atoms with Crippen molar-refractivity contribution in [2.75, 3.05) is 0 Å². The third-order valence-electron chi connectivity index (χ3n) is 5.12. The molecule has 156 valence electrons. The molecule has 0 saturated carbocycles. The predicted molar refractivity (Wildman–Crippen MR) is 118 cm³/mol. The molecular weight excluding hydrogens is 392 g/mol. The maximum atomic E-state index is 13.2. The van der Waals surface area contributed by atoms with Crippen LogP contribution in [0.1, 0.15) is 34.1 Å². The Labute approximate surface area is 179 Å². The van der Waals surface area contributed by atoms with Gasteiger partial charge in [-0.25, -0.2) is 9.48 Å². The van der Waals surface area contributed by atoms with Gasteiger partial charge in [-0.15, -0.1) is 0 Å². The van der Waals surface area contributed by atoms with E-state index in [-0.39, 0.29) is 12.4 Å². The molecule has 0 radical (unpaired) electrons. The number of ether oxygens (including phenoxy) is 1. The fraction of sp³-hybridized carbons (Fsp3) is 0.160. The van der Waals surface area contributed by atoms with E-state index in [1.807, 2.05) is 79.7 Å². The molecule has 6 nitrogen and oxygen atoms in total. The third kappa shape index (κ3) is 4.25. The van der Waals surface area contributed by atoms with Crippen LogP contribution in [0.4, 0.5) is 0 Å². The molecule has 1 N–H and O–H groups in total. The minimum absolute atomic E-state index is 0.135. The number of aromatic nitrogens is 2. The average molecular weight is 414 g/mol. The summed E-state index contributed by atoms with van der Waals surface area (Å²) in [7, 11) is 0. The average Bonchev–Trinajstić information content (AvgIpc) is 3.17. The van der Waals surface area contributed by atoms with Crippen LogP contribution in [0, 0.1) is 6.92 Å². The van der Waals surface area contributed by atoms with Crippen LogP contribution in [0.2, 0.25) is 0 Å². The number of aliphatic carboxylic acids is 1. The molecule has 0 spiro atoms. The van der Waals surface area contributed by atoms with Gasteiger partial charge in [0.2, 0.25) is 5.78 Å². The fourth-order valence-electron chi connectivity index (χ4n) is 3.34. The van der Waals surface area contributed by atoms with E-state index < -0.39 is 12.1 Å². The topological polar surface area (TPSA) is 81.4 Å². The van der Waals surface area contributed by atoms with E-state index in [4.69, 9.17) is 9.84 Å². The van der Waals surface area contributed by atoms with Crippen molar-refractivity contribution in [2.45, 2.75) is 26.6 Å². The van der Waals surface area contributed by atoms with Gasteiger partial charge in [0.15, 0.2) is 6.10 Å². The van der Waals surface area contributed by atoms with Crippen molar-refractivity contribution in [3.63, 3.8) is 0 Å². The van der Waals surface area contributed by atoms with Gasteiger partial charge >= 0.3 is 5.97 Å². The van der Waals surface area contributed by atoms with E-state index >= 15 is 0 Å². The number of nitrogens with zero attached hydrogens (tertiary/aromatic N) is 2. The summed E-state index contributed by atoms with van der Waals surface area (Å²) in [6.07, 6.45) is -0.895. The lowest BCUT2D eigenvalue weighted by atomic mass is 10.0. The molecule has 0 fully saturated rings. The van der Waals surface area contributed by atoms with Gasteiger partial charge < -0.3 is 9.84 Å². The fourth-order valence-corrected chi connectivity index (χ4v) is 3.34. The summed E-state index contributed by atoms with van der Waals surface area (Å²) in [5.74, 6) is -1.14. The van der Waals surface area contributed by atoms with Crippen LogP contribution in [0.25, 0.3) is 16.6 Å². The standard InChI is InChI=1S/C25H22N2O4/c1-16-10-12-19(13-11-16)24(28)23-21-8-3-4-9-22(21)27(26-23)20-7-5-6-18(14-20)15-31-17(2)25(29)30/h3-14,17H,15H2,1-2H3,(H,29,30)/t17-/m1/s1. The zero-order valence-corrected chi connectivity index (χ0v) is 17.3. The zero-order chi connectivity index (χ0) is 22.0. The number of carboxylic acid groups (broad SMARTS) is 1. The van der Waals surface area contributed by atoms with Gasteiger partial charge in [0, 0.05) is 10.9 Å². The number of carbonyl (C=O) groups excluding carboxylic acids is 1. The van der Waals surface area contributed by atoms with Crippen LogP contribution in [0.3, 0.4) is 0 Å². The Morgan fingerprint density at radius 3 is 2.52 bits per heavy atom. The number of fused-ring (bicyclic) bond motifs is 1. The molecule has 0 amide bonds. The Morgan fingerprint density at radius 2 is 1.77 bits per heavy atom. The Morgan fingerprint density at radius 1 is 1.03 bits per heavy atom. The first-order chi connectivity index (χ1) is 14.9. The maximum absolute atomic E-state index is 13.2. The molecule has 3 aromatic carbocycles. The highest BCUT2D eigenvalue weighted by Crippen LogP contribution is 2.25. The second-order valence-corrected chi connectivity index (χ2v) is 7.43. The Hall–Kier alpha value is -3.77. The summed E-state index contributed by atoms with van der Waals surface area (Å²) < 4.78 is 7.13. The van der Waals surface area contributed by atoms with Crippen LogP contribution in [-0.4, -0.2) is 32.7 Å². The van der Waals surface area contributed by atoms with Crippen molar-refractivity contribution in [3.05, 3.63) is 95.2 Å². The molecule has 1 aromatic heterocycles. The zero-order valence-electron chi connectivity index (χ0n) is 17.3. The van der Waals surface area contributed by atoms with Gasteiger partial charge in [-0.3, -0.25) is 4.79 Å². The second kappa shape index (κ2) is 8.53. The Balaban J connectivity index is 1.72. The number of rotatable bonds is 7. The molecule has 0 aliphatic rings. The van der Waals surface area contributed by atoms with Gasteiger partial charge in [-0.05, 0) is 37.6 Å². The molecule has 4 rings (SSSR count). The lowest BCUT2D eigenvalue weighted by Gasteiger charge is -2.10. The normalized spacial score (nSPS) is 12.1. The number of ketones is 1. The maximum Gasteiger partial charge on any atom is 0.332 e. The summed E-state index contributed by atoms with van der Waals surface area (Å²) >= 11 is 0. The molecule has 0 bridgehead atoms. The monoisotopic (exact) mass is 414 g/mol. The van der Waals surface area contributed by atoms with Gasteiger partial charge in [0.1, 0.15) is 5.69 Å². The van der Waals surface area contributed by atoms with Crippen molar-refractivity contribution in [2.24, 2.45) is 0 Å². The summed E-state index contributed by atoms with van der Waals surface area (Å²) in [6, 6.07) is 22.5. The first-order valence-corrected chi connectivity index (χ1v) is 9.97. The van der Waals surface area contributed by atoms with Crippen LogP contribution < -0.4 is 0 Å². The minimum atomic E-state index is -1.01. The molecule has 0 saturated heterocycles. The number of para-hydroxylation sites is 1. The molecule has 1 atom stereocenters. The molecule has 6 heteroatoms. The van der Waals surface area contributed by atoms with Crippen molar-refractivity contribution < 1.29 is 19.4 Å². The summed E-state index contributed by atoms with van der Waals surface area (Å²) in [6.45, 7) is 3.64. The molecule has 0 unspecified atom stereocenters. The molecule has 0 aliphatic heterocycles. The highest BCUT2D eigenvalue weighted by Gasteiger charge is 2.19. The molecule has 0 aliphatic carbocycles. The van der Waals surface area contributed by atoms with Gasteiger partial charge in [-0.1, -0.05) is 60.2 Å². The molecule has 1 heterocycles. The van der Waals surface area contributed by atoms with Crippen molar-refractivity contribution in [1.29, 1.82) is 0 Å². The number of hydrogen-bond donors (Lipinski definition) is 1. The van der Waals surface area contributed by atoms with E-state index in [0.717, 1.165) is 27.7 Å². The van der Waals surface area contributed by atoms with E-state index in [2.05, 4.69) is 5.10 Å². The largest absolute Gasteiger partial charge is 0.479 e. The second-order valence-electron chi connectivity index (χ2n) is 7.43. The van der Waals surface area contributed by atoms with Gasteiger partial charge in [0.05, 0.1) is 17.8 Å². The Kier molecular flexibility index (Phi) is 5.64. The van der Waals surface area contributed by atoms with Crippen LogP contribution >= 0.6 is 0 Å². The SMILES string of the molecule is Cc1ccc(C(=O)c2nn(-c3cccc(CO[C@H](C)C(=O)O)c3)c3ccccc23)cc1. The first-order valence-electron chi connectivity index (χ1n) is 9.97. The van der Waals surface area contributed by atoms with E-state index in [9.17, 15) is 9.59 Å². The number of aryl methyl sites for hydroxylation is 1. The van der Waals surface area contributed by atoms with Crippen molar-refractivity contribution in [3.8, 4) is 5.69 Å². The molecule has 4 aromatic rings. The molecular formula is C25H22N2O4. The number of carbonyl (C=O) groups is 2. The van der Waals surface area contributed by atoms with E-state index in [0.29, 0.717) is 11.3 Å². The van der Waals surface area contributed by atoms with Gasteiger partial charge in [-0.2, -0.15) is 5.10 Å². The summed E-state index contributed by atoms with van der Waals surface area (Å²) in [5.41, 5.74) is 4.46. The van der Waals surface area contributed by atoms with Gasteiger partial charge in [0.25, 0.3) is 0 Å². The number of carboxylic acids is 1. The first kappa shape index (κ1) is 20.5. The summed E-state index contributed by atoms with van der Waals surface area (Å²) in [4.78, 5) is 24.2. The predicted octanol–water partition coefficient (Wildman–Crippen LogP) is 4.55. The lowest BCUT2D eigenvalue weighted by molar-refractivity contribution is -0.149. The minimum Gasteiger partial charge on any atom is -0.479 e. The van der Waals surface area contributed by atoms with Crippen molar-refractivity contribution in [1.82, 2.24) is 9.78 Å². The van der Waals surface area contributed by atoms with Crippen LogP contribution in [0.5, 0.6) is 0 Å². The highest BCUT2D eigenvalue weighted by atomic mass is 16.5. The third-order valence-corrected chi connectivity index (χ3v) is 5.12. The highest BCUT2D eigenvalue weighted by molar-refractivity contribution is 6.15. The van der Waals surface area contributed by atoms with Crippen LogP contribution in [-0.2, 0) is 16.1 Å². The number of hydrogen-bond acceptors (Lipinski definition) is 4. The quantitative estimate of drug-likeness (QED) is 0.449. The van der Waals surface area contributed by atoms with Crippen molar-refractivity contribution >= 4 is 22.7 Å². The number of benzene rings is 3. The van der Waals surface area contributed by atoms with E-state index in [1.165, 1.54) is 6.92 Å². The molecule has 31 heavy (non-hydrogen) atoms. The Bertz CT molecular complexity index is 1260.